The number of para-hydroxylation sites is 2. The normalized spacial score (nSPS) is 11.6. The van der Waals surface area contributed by atoms with Crippen molar-refractivity contribution >= 4 is 53.3 Å². The fourth-order valence-corrected chi connectivity index (χ4v) is 9.69. The largest absolute Gasteiger partial charge is 0.309 e. The molecular weight excluding hydrogens is 695 g/mol. The quantitative estimate of drug-likeness (QED) is 0.161. The predicted octanol–water partition coefficient (Wildman–Crippen LogP) is 15.5. The minimum Gasteiger partial charge on any atom is -0.309 e. The molecule has 0 saturated heterocycles. The van der Waals surface area contributed by atoms with Gasteiger partial charge in [0.2, 0.25) is 0 Å². The maximum Gasteiger partial charge on any atom is 0.0541 e. The Morgan fingerprint density at radius 2 is 0.786 bits per heavy atom. The second kappa shape index (κ2) is 13.4. The van der Waals surface area contributed by atoms with E-state index in [0.717, 1.165) is 0 Å². The van der Waals surface area contributed by atoms with Crippen molar-refractivity contribution in [2.45, 2.75) is 0 Å². The molecule has 1 nitrogen and oxygen atoms in total. The monoisotopic (exact) mass is 729 g/mol. The number of nitrogens with zero attached hydrogens (tertiary/aromatic N) is 1. The average molecular weight is 730 g/mol. The summed E-state index contributed by atoms with van der Waals surface area (Å²) in [5.41, 5.74) is 15.7. The van der Waals surface area contributed by atoms with Crippen molar-refractivity contribution in [3.8, 4) is 61.3 Å². The lowest BCUT2D eigenvalue weighted by atomic mass is 9.90. The lowest BCUT2D eigenvalue weighted by Gasteiger charge is -2.14. The van der Waals surface area contributed by atoms with E-state index in [1.807, 2.05) is 11.3 Å². The van der Waals surface area contributed by atoms with E-state index in [0.29, 0.717) is 0 Å². The van der Waals surface area contributed by atoms with Gasteiger partial charge >= 0.3 is 0 Å². The topological polar surface area (TPSA) is 4.93 Å². The van der Waals surface area contributed by atoms with Gasteiger partial charge in [-0.25, -0.2) is 0 Å². The van der Waals surface area contributed by atoms with E-state index in [1.54, 1.807) is 0 Å². The Balaban J connectivity index is 1.16. The van der Waals surface area contributed by atoms with Gasteiger partial charge in [-0.15, -0.1) is 11.3 Å². The molecule has 0 radical (unpaired) electrons. The highest BCUT2D eigenvalue weighted by Gasteiger charge is 2.17. The molecule has 0 bridgehead atoms. The van der Waals surface area contributed by atoms with Crippen molar-refractivity contribution in [3.05, 3.63) is 212 Å². The summed E-state index contributed by atoms with van der Waals surface area (Å²) >= 11 is 1.89. The summed E-state index contributed by atoms with van der Waals surface area (Å²) in [6.07, 6.45) is 0. The lowest BCUT2D eigenvalue weighted by molar-refractivity contribution is 1.18. The van der Waals surface area contributed by atoms with Gasteiger partial charge in [-0.05, 0) is 123 Å². The van der Waals surface area contributed by atoms with Crippen molar-refractivity contribution in [1.29, 1.82) is 0 Å². The minimum absolute atomic E-state index is 1.17. The highest BCUT2D eigenvalue weighted by Crippen LogP contribution is 2.44. The predicted molar refractivity (Wildman–Crippen MR) is 241 cm³/mol. The van der Waals surface area contributed by atoms with Crippen LogP contribution in [0.3, 0.4) is 0 Å². The van der Waals surface area contributed by atoms with Gasteiger partial charge in [-0.2, -0.15) is 0 Å². The molecule has 0 fully saturated rings. The number of hydrogen-bond donors (Lipinski definition) is 0. The maximum atomic E-state index is 2.42. The van der Waals surface area contributed by atoms with Gasteiger partial charge in [0.05, 0.1) is 11.0 Å². The van der Waals surface area contributed by atoms with Crippen LogP contribution in [0.15, 0.2) is 212 Å². The first kappa shape index (κ1) is 32.4. The van der Waals surface area contributed by atoms with Crippen LogP contribution in [-0.2, 0) is 0 Å². The van der Waals surface area contributed by atoms with Crippen LogP contribution in [0.5, 0.6) is 0 Å². The molecule has 0 saturated carbocycles. The number of fused-ring (bicyclic) bond motifs is 6. The first-order chi connectivity index (χ1) is 27.7. The van der Waals surface area contributed by atoms with Gasteiger partial charge in [-0.1, -0.05) is 140 Å². The number of hydrogen-bond acceptors (Lipinski definition) is 1. The summed E-state index contributed by atoms with van der Waals surface area (Å²) < 4.78 is 5.02. The molecule has 0 spiro atoms. The smallest absolute Gasteiger partial charge is 0.0541 e. The van der Waals surface area contributed by atoms with Crippen LogP contribution < -0.4 is 0 Å². The standard InChI is InChI=1S/C54H35NS/c1-4-15-36(16-5-1)38-19-14-20-39(29-38)41-30-42(40-27-28-52-49(33-40)46-23-10-12-25-51(46)55(52)45-21-8-3-9-22-45)32-43(31-41)44-34-48(37-17-6-2-7-18-37)54-50(35-44)47-24-11-13-26-53(47)56-54/h1-35H. The van der Waals surface area contributed by atoms with Crippen LogP contribution in [0.1, 0.15) is 0 Å². The number of rotatable bonds is 6. The summed E-state index contributed by atoms with van der Waals surface area (Å²) in [4.78, 5) is 0. The Morgan fingerprint density at radius 1 is 0.286 bits per heavy atom. The fourth-order valence-electron chi connectivity index (χ4n) is 8.47. The molecule has 2 heterocycles. The van der Waals surface area contributed by atoms with E-state index in [-0.39, 0.29) is 0 Å². The molecule has 262 valence electrons. The van der Waals surface area contributed by atoms with Gasteiger partial charge in [-0.3, -0.25) is 0 Å². The summed E-state index contributed by atoms with van der Waals surface area (Å²) in [5.74, 6) is 0. The van der Waals surface area contributed by atoms with E-state index < -0.39 is 0 Å². The molecule has 56 heavy (non-hydrogen) atoms. The Hall–Kier alpha value is -7.00. The van der Waals surface area contributed by atoms with Crippen molar-refractivity contribution in [2.75, 3.05) is 0 Å². The van der Waals surface area contributed by atoms with E-state index in [9.17, 15) is 0 Å². The van der Waals surface area contributed by atoms with Gasteiger partial charge in [0.15, 0.2) is 0 Å². The minimum atomic E-state index is 1.17. The fraction of sp³-hybridized carbons (Fsp3) is 0. The zero-order chi connectivity index (χ0) is 37.0. The SMILES string of the molecule is c1ccc(-c2cccc(-c3cc(-c4cc(-c5ccccc5)c5sc6ccccc6c5c4)cc(-c4ccc5c(c4)c4ccccc4n5-c4ccccc4)c3)c2)cc1. The zero-order valence-corrected chi connectivity index (χ0v) is 31.4. The molecule has 11 rings (SSSR count). The summed E-state index contributed by atoms with van der Waals surface area (Å²) in [5, 5.41) is 5.11. The summed E-state index contributed by atoms with van der Waals surface area (Å²) in [6.45, 7) is 0. The summed E-state index contributed by atoms with van der Waals surface area (Å²) in [6, 6.07) is 77.8. The van der Waals surface area contributed by atoms with Crippen molar-refractivity contribution in [3.63, 3.8) is 0 Å². The molecule has 0 amide bonds. The highest BCUT2D eigenvalue weighted by molar-refractivity contribution is 7.26. The van der Waals surface area contributed by atoms with E-state index in [1.165, 1.54) is 103 Å². The highest BCUT2D eigenvalue weighted by atomic mass is 32.1. The molecule has 0 aliphatic rings. The first-order valence-electron chi connectivity index (χ1n) is 19.2. The molecule has 0 N–H and O–H groups in total. The van der Waals surface area contributed by atoms with Crippen LogP contribution in [0.4, 0.5) is 0 Å². The van der Waals surface area contributed by atoms with Gasteiger partial charge in [0.25, 0.3) is 0 Å². The van der Waals surface area contributed by atoms with Gasteiger partial charge in [0.1, 0.15) is 0 Å². The number of aromatic nitrogens is 1. The van der Waals surface area contributed by atoms with Crippen molar-refractivity contribution in [2.24, 2.45) is 0 Å². The van der Waals surface area contributed by atoms with E-state index in [2.05, 4.69) is 217 Å². The first-order valence-corrected chi connectivity index (χ1v) is 20.0. The molecule has 0 aliphatic carbocycles. The van der Waals surface area contributed by atoms with Gasteiger partial charge in [0, 0.05) is 42.2 Å². The molecule has 2 heteroatoms. The Morgan fingerprint density at radius 3 is 1.54 bits per heavy atom. The van der Waals surface area contributed by atoms with Crippen LogP contribution in [0.2, 0.25) is 0 Å². The van der Waals surface area contributed by atoms with E-state index >= 15 is 0 Å². The Bertz CT molecular complexity index is 3230. The molecule has 0 unspecified atom stereocenters. The Kier molecular flexibility index (Phi) is 7.75. The Labute approximate surface area is 330 Å². The second-order valence-corrected chi connectivity index (χ2v) is 15.6. The molecular formula is C54H35NS. The van der Waals surface area contributed by atoms with Crippen molar-refractivity contribution < 1.29 is 0 Å². The third-order valence-corrected chi connectivity index (χ3v) is 12.4. The zero-order valence-electron chi connectivity index (χ0n) is 30.6. The molecule has 2 aromatic heterocycles. The average Bonchev–Trinajstić information content (AvgIpc) is 3.82. The van der Waals surface area contributed by atoms with Crippen LogP contribution >= 0.6 is 11.3 Å². The number of benzene rings is 9. The number of thiophene rings is 1. The lowest BCUT2D eigenvalue weighted by Crippen LogP contribution is -1.93. The third-order valence-electron chi connectivity index (χ3n) is 11.2. The van der Waals surface area contributed by atoms with Crippen molar-refractivity contribution in [1.82, 2.24) is 4.57 Å². The molecule has 0 aliphatic heterocycles. The van der Waals surface area contributed by atoms with Crippen LogP contribution in [-0.4, -0.2) is 4.57 Å². The molecule has 9 aromatic carbocycles. The van der Waals surface area contributed by atoms with Crippen LogP contribution in [0, 0.1) is 0 Å². The molecule has 0 atom stereocenters. The summed E-state index contributed by atoms with van der Waals surface area (Å²) in [7, 11) is 0. The van der Waals surface area contributed by atoms with E-state index in [4.69, 9.17) is 0 Å². The maximum absolute atomic E-state index is 2.42. The van der Waals surface area contributed by atoms with Crippen LogP contribution in [0.25, 0.3) is 103 Å². The third kappa shape index (κ3) is 5.54. The van der Waals surface area contributed by atoms with Gasteiger partial charge < -0.3 is 4.57 Å². The second-order valence-electron chi connectivity index (χ2n) is 14.5. The molecule has 11 aromatic rings.